The van der Waals surface area contributed by atoms with Gasteiger partial charge in [-0.2, -0.15) is 5.10 Å². The minimum absolute atomic E-state index is 0.219. The summed E-state index contributed by atoms with van der Waals surface area (Å²) in [5.41, 5.74) is 3.21. The van der Waals surface area contributed by atoms with E-state index in [1.54, 1.807) is 7.11 Å². The predicted octanol–water partition coefficient (Wildman–Crippen LogP) is 4.20. The van der Waals surface area contributed by atoms with Gasteiger partial charge in [0.2, 0.25) is 6.23 Å². The SMILES string of the molecule is CCN1N=C(C)C(=Cc2ccccc2)C1Oc1ccc(OC)cc1. The molecule has 1 heterocycles. The van der Waals surface area contributed by atoms with Crippen LogP contribution in [0.5, 0.6) is 11.5 Å². The Morgan fingerprint density at radius 3 is 2.33 bits per heavy atom. The molecule has 0 spiro atoms. The molecule has 0 aromatic heterocycles. The molecular weight excluding hydrogens is 300 g/mol. The molecule has 0 saturated heterocycles. The fourth-order valence-electron chi connectivity index (χ4n) is 2.69. The molecule has 4 heteroatoms. The molecule has 2 aromatic carbocycles. The van der Waals surface area contributed by atoms with E-state index < -0.39 is 0 Å². The van der Waals surface area contributed by atoms with Crippen molar-refractivity contribution in [2.45, 2.75) is 20.1 Å². The maximum atomic E-state index is 6.22. The summed E-state index contributed by atoms with van der Waals surface area (Å²) in [7, 11) is 1.66. The average molecular weight is 322 g/mol. The highest BCUT2D eigenvalue weighted by Gasteiger charge is 2.30. The lowest BCUT2D eigenvalue weighted by molar-refractivity contribution is 0.0763. The van der Waals surface area contributed by atoms with Gasteiger partial charge in [-0.15, -0.1) is 0 Å². The molecular formula is C20H22N2O2. The second-order valence-corrected chi connectivity index (χ2v) is 5.60. The largest absolute Gasteiger partial charge is 0.497 e. The average Bonchev–Trinajstić information content (AvgIpc) is 2.92. The summed E-state index contributed by atoms with van der Waals surface area (Å²) in [5.74, 6) is 1.61. The highest BCUT2D eigenvalue weighted by molar-refractivity contribution is 6.04. The van der Waals surface area contributed by atoms with Crippen LogP contribution in [-0.2, 0) is 0 Å². The van der Waals surface area contributed by atoms with Crippen molar-refractivity contribution < 1.29 is 9.47 Å². The van der Waals surface area contributed by atoms with Gasteiger partial charge in [-0.1, -0.05) is 30.3 Å². The number of likely N-dealkylation sites (N-methyl/N-ethyl adjacent to an activating group) is 1. The van der Waals surface area contributed by atoms with Crippen molar-refractivity contribution in [2.24, 2.45) is 5.10 Å². The lowest BCUT2D eigenvalue weighted by Crippen LogP contribution is -2.33. The standard InChI is InChI=1S/C20H22N2O2/c1-4-22-20(24-18-12-10-17(23-3)11-13-18)19(15(2)21-22)14-16-8-6-5-7-9-16/h5-14,20H,4H2,1-3H3. The minimum atomic E-state index is -0.219. The molecule has 0 radical (unpaired) electrons. The zero-order valence-corrected chi connectivity index (χ0v) is 14.3. The third kappa shape index (κ3) is 3.43. The molecule has 1 unspecified atom stereocenters. The summed E-state index contributed by atoms with van der Waals surface area (Å²) >= 11 is 0. The van der Waals surface area contributed by atoms with Gasteiger partial charge >= 0.3 is 0 Å². The molecule has 4 nitrogen and oxygen atoms in total. The Morgan fingerprint density at radius 1 is 1.04 bits per heavy atom. The van der Waals surface area contributed by atoms with Crippen LogP contribution < -0.4 is 9.47 Å². The number of nitrogens with zero attached hydrogens (tertiary/aromatic N) is 2. The number of ether oxygens (including phenoxy) is 2. The molecule has 0 saturated carbocycles. The van der Waals surface area contributed by atoms with Crippen molar-refractivity contribution in [1.29, 1.82) is 0 Å². The zero-order valence-electron chi connectivity index (χ0n) is 14.3. The second kappa shape index (κ2) is 7.21. The van der Waals surface area contributed by atoms with Gasteiger partial charge in [-0.25, -0.2) is 0 Å². The molecule has 2 aromatic rings. The summed E-state index contributed by atoms with van der Waals surface area (Å²) in [6.45, 7) is 4.88. The highest BCUT2D eigenvalue weighted by Crippen LogP contribution is 2.27. The van der Waals surface area contributed by atoms with E-state index in [4.69, 9.17) is 9.47 Å². The van der Waals surface area contributed by atoms with E-state index in [0.717, 1.165) is 34.9 Å². The van der Waals surface area contributed by atoms with Gasteiger partial charge in [0.1, 0.15) is 11.5 Å². The Bertz CT molecular complexity index is 736. The third-order valence-electron chi connectivity index (χ3n) is 3.99. The van der Waals surface area contributed by atoms with Crippen LogP contribution in [0.4, 0.5) is 0 Å². The molecule has 1 aliphatic heterocycles. The van der Waals surface area contributed by atoms with Crippen LogP contribution in [0.1, 0.15) is 19.4 Å². The second-order valence-electron chi connectivity index (χ2n) is 5.60. The Balaban J connectivity index is 1.88. The zero-order chi connectivity index (χ0) is 16.9. The fraction of sp³-hybridized carbons (Fsp3) is 0.250. The smallest absolute Gasteiger partial charge is 0.215 e. The topological polar surface area (TPSA) is 34.1 Å². The maximum absolute atomic E-state index is 6.22. The minimum Gasteiger partial charge on any atom is -0.497 e. The Hall–Kier alpha value is -2.75. The van der Waals surface area contributed by atoms with Crippen LogP contribution in [0, 0.1) is 0 Å². The van der Waals surface area contributed by atoms with Crippen LogP contribution in [-0.4, -0.2) is 30.6 Å². The van der Waals surface area contributed by atoms with E-state index >= 15 is 0 Å². The van der Waals surface area contributed by atoms with E-state index in [-0.39, 0.29) is 6.23 Å². The van der Waals surface area contributed by atoms with E-state index in [0.29, 0.717) is 0 Å². The van der Waals surface area contributed by atoms with Gasteiger partial charge in [0, 0.05) is 12.1 Å². The van der Waals surface area contributed by atoms with Crippen LogP contribution in [0.3, 0.4) is 0 Å². The molecule has 24 heavy (non-hydrogen) atoms. The number of hydrogen-bond acceptors (Lipinski definition) is 4. The summed E-state index contributed by atoms with van der Waals surface area (Å²) in [4.78, 5) is 0. The summed E-state index contributed by atoms with van der Waals surface area (Å²) in [5, 5.41) is 6.59. The number of methoxy groups -OCH3 is 1. The summed E-state index contributed by atoms with van der Waals surface area (Å²) < 4.78 is 11.4. The lowest BCUT2D eigenvalue weighted by Gasteiger charge is -2.24. The number of hydrogen-bond donors (Lipinski definition) is 0. The first-order chi connectivity index (χ1) is 11.7. The summed E-state index contributed by atoms with van der Waals surface area (Å²) in [6, 6.07) is 17.9. The molecule has 3 rings (SSSR count). The van der Waals surface area contributed by atoms with Crippen molar-refractivity contribution >= 4 is 11.8 Å². The van der Waals surface area contributed by atoms with Gasteiger partial charge in [0.15, 0.2) is 0 Å². The van der Waals surface area contributed by atoms with Crippen LogP contribution in [0.15, 0.2) is 65.3 Å². The van der Waals surface area contributed by atoms with Crippen LogP contribution in [0.2, 0.25) is 0 Å². The van der Waals surface area contributed by atoms with Crippen molar-refractivity contribution in [1.82, 2.24) is 5.01 Å². The Morgan fingerprint density at radius 2 is 1.71 bits per heavy atom. The maximum Gasteiger partial charge on any atom is 0.215 e. The normalized spacial score (nSPS) is 18.6. The van der Waals surface area contributed by atoms with E-state index in [2.05, 4.69) is 30.2 Å². The molecule has 1 aliphatic rings. The first-order valence-electron chi connectivity index (χ1n) is 8.11. The molecule has 0 bridgehead atoms. The Kier molecular flexibility index (Phi) is 4.85. The van der Waals surface area contributed by atoms with E-state index in [9.17, 15) is 0 Å². The number of benzene rings is 2. The summed E-state index contributed by atoms with van der Waals surface area (Å²) in [6.07, 6.45) is 1.92. The lowest BCUT2D eigenvalue weighted by atomic mass is 10.1. The van der Waals surface area contributed by atoms with Gasteiger partial charge < -0.3 is 9.47 Å². The molecule has 0 amide bonds. The number of rotatable bonds is 5. The first-order valence-corrected chi connectivity index (χ1v) is 8.11. The fourth-order valence-corrected chi connectivity index (χ4v) is 2.69. The van der Waals surface area contributed by atoms with Gasteiger partial charge in [-0.05, 0) is 49.8 Å². The van der Waals surface area contributed by atoms with Crippen LogP contribution in [0.25, 0.3) is 6.08 Å². The van der Waals surface area contributed by atoms with E-state index in [1.165, 1.54) is 0 Å². The quantitative estimate of drug-likeness (QED) is 0.827. The molecule has 0 fully saturated rings. The molecule has 124 valence electrons. The molecule has 1 atom stereocenters. The highest BCUT2D eigenvalue weighted by atomic mass is 16.5. The van der Waals surface area contributed by atoms with E-state index in [1.807, 2.05) is 54.4 Å². The van der Waals surface area contributed by atoms with Crippen molar-refractivity contribution in [2.75, 3.05) is 13.7 Å². The van der Waals surface area contributed by atoms with Gasteiger partial charge in [0.25, 0.3) is 0 Å². The Labute approximate surface area is 143 Å². The monoisotopic (exact) mass is 322 g/mol. The third-order valence-corrected chi connectivity index (χ3v) is 3.99. The van der Waals surface area contributed by atoms with Crippen molar-refractivity contribution in [3.63, 3.8) is 0 Å². The molecule has 0 N–H and O–H groups in total. The molecule has 0 aliphatic carbocycles. The van der Waals surface area contributed by atoms with Crippen LogP contribution >= 0.6 is 0 Å². The number of hydrazone groups is 1. The van der Waals surface area contributed by atoms with Crippen molar-refractivity contribution in [3.05, 3.63) is 65.7 Å². The van der Waals surface area contributed by atoms with Crippen molar-refractivity contribution in [3.8, 4) is 11.5 Å². The van der Waals surface area contributed by atoms with Gasteiger partial charge in [-0.3, -0.25) is 5.01 Å². The van der Waals surface area contributed by atoms with Gasteiger partial charge in [0.05, 0.1) is 12.8 Å². The first kappa shape index (κ1) is 16.1. The predicted molar refractivity (Wildman–Crippen MR) is 97.3 cm³/mol.